The largest absolute Gasteiger partial charge is 0.497 e. The van der Waals surface area contributed by atoms with Crippen LogP contribution in [-0.4, -0.2) is 16.9 Å². The van der Waals surface area contributed by atoms with E-state index in [4.69, 9.17) is 10.5 Å². The average Bonchev–Trinajstić information content (AvgIpc) is 3.07. The number of aromatic nitrogens is 2. The van der Waals surface area contributed by atoms with Crippen molar-refractivity contribution in [3.63, 3.8) is 0 Å². The van der Waals surface area contributed by atoms with E-state index in [1.165, 1.54) is 10.7 Å². The smallest absolute Gasteiger partial charge is 0.282 e. The maximum atomic E-state index is 13.1. The van der Waals surface area contributed by atoms with Crippen molar-refractivity contribution in [2.75, 3.05) is 7.11 Å². The summed E-state index contributed by atoms with van der Waals surface area (Å²) in [5.74, 6) is 0.689. The normalized spacial score (nSPS) is 10.6. The van der Waals surface area contributed by atoms with Crippen LogP contribution in [0.4, 0.5) is 8.78 Å². The molecule has 4 nitrogen and oxygen atoms in total. The van der Waals surface area contributed by atoms with Crippen LogP contribution in [-0.2, 0) is 6.54 Å². The monoisotopic (exact) mass is 365 g/mol. The fraction of sp³-hybridized carbons (Fsp3) is 0.167. The topological polar surface area (TPSA) is 53.1 Å². The molecule has 7 heteroatoms. The highest BCUT2D eigenvalue weighted by Crippen LogP contribution is 2.29. The first kappa shape index (κ1) is 18.9. The van der Waals surface area contributed by atoms with Crippen molar-refractivity contribution in [2.24, 2.45) is 5.73 Å². The lowest BCUT2D eigenvalue weighted by molar-refractivity contribution is 0.145. The van der Waals surface area contributed by atoms with Gasteiger partial charge in [-0.3, -0.25) is 0 Å². The summed E-state index contributed by atoms with van der Waals surface area (Å²) < 4.78 is 32.9. The van der Waals surface area contributed by atoms with E-state index in [2.05, 4.69) is 5.10 Å². The number of hydrogen-bond acceptors (Lipinski definition) is 3. The molecule has 0 unspecified atom stereocenters. The Bertz CT molecular complexity index is 752. The SMILES string of the molecule is COc1ccc(-n2nc(C(F)F)cc2-c2ccc(CN)cc2)cc1.Cl. The van der Waals surface area contributed by atoms with Crippen LogP contribution in [0.15, 0.2) is 54.6 Å². The Morgan fingerprint density at radius 3 is 2.24 bits per heavy atom. The third-order valence-electron chi connectivity index (χ3n) is 3.75. The zero-order chi connectivity index (χ0) is 17.1. The molecule has 0 saturated heterocycles. The summed E-state index contributed by atoms with van der Waals surface area (Å²) in [6.07, 6.45) is -2.63. The summed E-state index contributed by atoms with van der Waals surface area (Å²) in [6.45, 7) is 0.431. The molecular formula is C18H18ClF2N3O. The predicted octanol–water partition coefficient (Wildman–Crippen LogP) is 4.37. The average molecular weight is 366 g/mol. The minimum Gasteiger partial charge on any atom is -0.497 e. The van der Waals surface area contributed by atoms with Crippen molar-refractivity contribution < 1.29 is 13.5 Å². The van der Waals surface area contributed by atoms with Gasteiger partial charge in [-0.15, -0.1) is 12.4 Å². The summed E-state index contributed by atoms with van der Waals surface area (Å²) in [4.78, 5) is 0. The van der Waals surface area contributed by atoms with Crippen molar-refractivity contribution in [3.05, 3.63) is 65.9 Å². The van der Waals surface area contributed by atoms with Crippen LogP contribution >= 0.6 is 12.4 Å². The second-order valence-corrected chi connectivity index (χ2v) is 5.27. The second kappa shape index (κ2) is 8.09. The van der Waals surface area contributed by atoms with Gasteiger partial charge in [0, 0.05) is 12.1 Å². The molecule has 0 radical (unpaired) electrons. The van der Waals surface area contributed by atoms with Crippen molar-refractivity contribution in [1.82, 2.24) is 9.78 Å². The molecule has 0 aliphatic rings. The molecule has 0 aliphatic heterocycles. The molecule has 1 heterocycles. The molecular weight excluding hydrogens is 348 g/mol. The number of halogens is 3. The zero-order valence-electron chi connectivity index (χ0n) is 13.5. The molecule has 0 bridgehead atoms. The van der Waals surface area contributed by atoms with E-state index in [0.717, 1.165) is 11.1 Å². The van der Waals surface area contributed by atoms with Crippen LogP contribution in [0.25, 0.3) is 16.9 Å². The van der Waals surface area contributed by atoms with Crippen LogP contribution in [0.5, 0.6) is 5.75 Å². The summed E-state index contributed by atoms with van der Waals surface area (Å²) in [5.41, 5.74) is 8.39. The van der Waals surface area contributed by atoms with Gasteiger partial charge >= 0.3 is 0 Å². The Balaban J connectivity index is 0.00000225. The van der Waals surface area contributed by atoms with Crippen molar-refractivity contribution in [3.8, 4) is 22.7 Å². The van der Waals surface area contributed by atoms with E-state index in [-0.39, 0.29) is 18.1 Å². The number of nitrogens with two attached hydrogens (primary N) is 1. The Morgan fingerprint density at radius 1 is 1.08 bits per heavy atom. The third kappa shape index (κ3) is 3.97. The number of rotatable bonds is 5. The van der Waals surface area contributed by atoms with Crippen LogP contribution < -0.4 is 10.5 Å². The highest BCUT2D eigenvalue weighted by Gasteiger charge is 2.17. The first-order valence-corrected chi connectivity index (χ1v) is 7.44. The van der Waals surface area contributed by atoms with Crippen LogP contribution in [0.1, 0.15) is 17.7 Å². The number of alkyl halides is 2. The van der Waals surface area contributed by atoms with Gasteiger partial charge in [-0.25, -0.2) is 13.5 Å². The lowest BCUT2D eigenvalue weighted by Gasteiger charge is -2.09. The molecule has 0 fully saturated rings. The summed E-state index contributed by atoms with van der Waals surface area (Å²) in [6, 6.07) is 16.0. The summed E-state index contributed by atoms with van der Waals surface area (Å²) >= 11 is 0. The third-order valence-corrected chi connectivity index (χ3v) is 3.75. The van der Waals surface area contributed by atoms with Gasteiger partial charge in [-0.1, -0.05) is 24.3 Å². The summed E-state index contributed by atoms with van der Waals surface area (Å²) in [7, 11) is 1.57. The molecule has 2 aromatic carbocycles. The molecule has 0 amide bonds. The Labute approximate surface area is 150 Å². The second-order valence-electron chi connectivity index (χ2n) is 5.27. The molecule has 3 aromatic rings. The van der Waals surface area contributed by atoms with Gasteiger partial charge in [0.2, 0.25) is 0 Å². The molecule has 25 heavy (non-hydrogen) atoms. The van der Waals surface area contributed by atoms with E-state index in [0.29, 0.717) is 23.7 Å². The number of methoxy groups -OCH3 is 1. The zero-order valence-corrected chi connectivity index (χ0v) is 14.3. The van der Waals surface area contributed by atoms with E-state index in [9.17, 15) is 8.78 Å². The number of hydrogen-bond donors (Lipinski definition) is 1. The van der Waals surface area contributed by atoms with E-state index in [1.54, 1.807) is 31.4 Å². The minimum atomic E-state index is -2.63. The minimum absolute atomic E-state index is 0. The summed E-state index contributed by atoms with van der Waals surface area (Å²) in [5, 5.41) is 4.06. The van der Waals surface area contributed by atoms with Gasteiger partial charge in [0.1, 0.15) is 11.4 Å². The van der Waals surface area contributed by atoms with Crippen molar-refractivity contribution >= 4 is 12.4 Å². The van der Waals surface area contributed by atoms with Gasteiger partial charge < -0.3 is 10.5 Å². The van der Waals surface area contributed by atoms with E-state index < -0.39 is 6.43 Å². The van der Waals surface area contributed by atoms with Crippen molar-refractivity contribution in [1.29, 1.82) is 0 Å². The Morgan fingerprint density at radius 2 is 1.72 bits per heavy atom. The number of nitrogens with zero attached hydrogens (tertiary/aromatic N) is 2. The predicted molar refractivity (Wildman–Crippen MR) is 95.6 cm³/mol. The fourth-order valence-electron chi connectivity index (χ4n) is 2.44. The lowest BCUT2D eigenvalue weighted by atomic mass is 10.1. The van der Waals surface area contributed by atoms with Gasteiger partial charge in [-0.05, 0) is 35.9 Å². The number of ether oxygens (including phenoxy) is 1. The molecule has 1 aromatic heterocycles. The highest BCUT2D eigenvalue weighted by atomic mass is 35.5. The molecule has 2 N–H and O–H groups in total. The lowest BCUT2D eigenvalue weighted by Crippen LogP contribution is -2.00. The molecule has 132 valence electrons. The van der Waals surface area contributed by atoms with Crippen LogP contribution in [0, 0.1) is 0 Å². The molecule has 0 spiro atoms. The van der Waals surface area contributed by atoms with E-state index >= 15 is 0 Å². The molecule has 0 atom stereocenters. The van der Waals surface area contributed by atoms with Crippen LogP contribution in [0.3, 0.4) is 0 Å². The standard InChI is InChI=1S/C18H17F2N3O.ClH/c1-24-15-8-6-14(7-9-15)23-17(10-16(22-23)18(19)20)13-4-2-12(11-21)3-5-13;/h2-10,18H,11,21H2,1H3;1H. The van der Waals surface area contributed by atoms with Gasteiger partial charge in [0.15, 0.2) is 0 Å². The highest BCUT2D eigenvalue weighted by molar-refractivity contribution is 5.85. The van der Waals surface area contributed by atoms with E-state index in [1.807, 2.05) is 24.3 Å². The quantitative estimate of drug-likeness (QED) is 0.730. The first-order valence-electron chi connectivity index (χ1n) is 7.44. The Kier molecular flexibility index (Phi) is 6.12. The fourth-order valence-corrected chi connectivity index (χ4v) is 2.44. The number of benzene rings is 2. The van der Waals surface area contributed by atoms with Gasteiger partial charge in [-0.2, -0.15) is 5.10 Å². The first-order chi connectivity index (χ1) is 11.6. The van der Waals surface area contributed by atoms with Gasteiger partial charge in [0.25, 0.3) is 6.43 Å². The molecule has 0 saturated carbocycles. The van der Waals surface area contributed by atoms with Crippen molar-refractivity contribution in [2.45, 2.75) is 13.0 Å². The molecule has 0 aliphatic carbocycles. The maximum Gasteiger partial charge on any atom is 0.282 e. The molecule has 3 rings (SSSR count). The van der Waals surface area contributed by atoms with Crippen LogP contribution in [0.2, 0.25) is 0 Å². The Hall–Kier alpha value is -2.44. The maximum absolute atomic E-state index is 13.1. The van der Waals surface area contributed by atoms with Gasteiger partial charge in [0.05, 0.1) is 18.5 Å².